The lowest BCUT2D eigenvalue weighted by molar-refractivity contribution is 0.0705. The SMILES string of the molecule is CN(C(=O)c1cccc2cccnc12)C1CCNCC1.Cl.Cl. The minimum Gasteiger partial charge on any atom is -0.339 e. The van der Waals surface area contributed by atoms with E-state index in [2.05, 4.69) is 10.3 Å². The molecule has 0 radical (unpaired) electrons. The number of nitrogens with one attached hydrogen (secondary N) is 1. The van der Waals surface area contributed by atoms with Crippen LogP contribution in [0.4, 0.5) is 0 Å². The number of nitrogens with zero attached hydrogens (tertiary/aromatic N) is 2. The van der Waals surface area contributed by atoms with Crippen LogP contribution in [0.2, 0.25) is 0 Å². The van der Waals surface area contributed by atoms with Gasteiger partial charge in [0.15, 0.2) is 0 Å². The molecule has 6 heteroatoms. The van der Waals surface area contributed by atoms with E-state index in [4.69, 9.17) is 0 Å². The van der Waals surface area contributed by atoms with E-state index in [0.29, 0.717) is 11.6 Å². The Morgan fingerprint density at radius 3 is 2.59 bits per heavy atom. The van der Waals surface area contributed by atoms with Crippen molar-refractivity contribution in [3.05, 3.63) is 42.1 Å². The summed E-state index contributed by atoms with van der Waals surface area (Å²) in [5.41, 5.74) is 1.49. The Hall–Kier alpha value is -1.36. The van der Waals surface area contributed by atoms with E-state index in [1.165, 1.54) is 0 Å². The molecule has 2 aromatic rings. The number of hydrogen-bond donors (Lipinski definition) is 1. The zero-order chi connectivity index (χ0) is 13.9. The minimum atomic E-state index is 0. The number of aromatic nitrogens is 1. The van der Waals surface area contributed by atoms with Crippen molar-refractivity contribution in [1.82, 2.24) is 15.2 Å². The van der Waals surface area contributed by atoms with Crippen molar-refractivity contribution in [3.8, 4) is 0 Å². The summed E-state index contributed by atoms with van der Waals surface area (Å²) in [4.78, 5) is 19.0. The van der Waals surface area contributed by atoms with Gasteiger partial charge >= 0.3 is 0 Å². The maximum Gasteiger partial charge on any atom is 0.256 e. The Balaban J connectivity index is 0.00000121. The first-order chi connectivity index (χ1) is 9.77. The molecule has 4 nitrogen and oxygen atoms in total. The van der Waals surface area contributed by atoms with Gasteiger partial charge in [0.2, 0.25) is 0 Å². The molecule has 0 saturated carbocycles. The van der Waals surface area contributed by atoms with Gasteiger partial charge in [-0.3, -0.25) is 9.78 Å². The largest absolute Gasteiger partial charge is 0.339 e. The van der Waals surface area contributed by atoms with Gasteiger partial charge in [-0.15, -0.1) is 24.8 Å². The highest BCUT2D eigenvalue weighted by atomic mass is 35.5. The Labute approximate surface area is 143 Å². The van der Waals surface area contributed by atoms with Crippen LogP contribution in [0.15, 0.2) is 36.5 Å². The first-order valence-electron chi connectivity index (χ1n) is 7.09. The van der Waals surface area contributed by atoms with E-state index in [9.17, 15) is 4.79 Å². The number of rotatable bonds is 2. The predicted molar refractivity (Wildman–Crippen MR) is 94.2 cm³/mol. The van der Waals surface area contributed by atoms with Gasteiger partial charge in [0.05, 0.1) is 11.1 Å². The summed E-state index contributed by atoms with van der Waals surface area (Å²) < 4.78 is 0. The number of halogens is 2. The van der Waals surface area contributed by atoms with E-state index < -0.39 is 0 Å². The van der Waals surface area contributed by atoms with Crippen molar-refractivity contribution in [1.29, 1.82) is 0 Å². The molecule has 1 aromatic heterocycles. The van der Waals surface area contributed by atoms with Crippen LogP contribution >= 0.6 is 24.8 Å². The van der Waals surface area contributed by atoms with Gasteiger partial charge < -0.3 is 10.2 Å². The average molecular weight is 342 g/mol. The number of pyridine rings is 1. The highest BCUT2D eigenvalue weighted by Gasteiger charge is 2.24. The summed E-state index contributed by atoms with van der Waals surface area (Å²) in [6.45, 7) is 1.96. The molecule has 1 aliphatic rings. The van der Waals surface area contributed by atoms with E-state index in [-0.39, 0.29) is 30.7 Å². The summed E-state index contributed by atoms with van der Waals surface area (Å²) in [6.07, 6.45) is 3.77. The van der Waals surface area contributed by atoms with Crippen molar-refractivity contribution < 1.29 is 4.79 Å². The third kappa shape index (κ3) is 3.69. The average Bonchev–Trinajstić information content (AvgIpc) is 2.54. The number of fused-ring (bicyclic) bond motifs is 1. The van der Waals surface area contributed by atoms with Crippen LogP contribution in [0.3, 0.4) is 0 Å². The highest BCUT2D eigenvalue weighted by molar-refractivity contribution is 6.05. The van der Waals surface area contributed by atoms with Crippen LogP contribution in [0.1, 0.15) is 23.2 Å². The number of piperidine rings is 1. The summed E-state index contributed by atoms with van der Waals surface area (Å²) in [5, 5.41) is 4.34. The molecule has 1 saturated heterocycles. The zero-order valence-electron chi connectivity index (χ0n) is 12.5. The van der Waals surface area contributed by atoms with Gasteiger partial charge in [-0.25, -0.2) is 0 Å². The van der Waals surface area contributed by atoms with Gasteiger partial charge in [-0.2, -0.15) is 0 Å². The van der Waals surface area contributed by atoms with Crippen LogP contribution in [0.5, 0.6) is 0 Å². The van der Waals surface area contributed by atoms with Gasteiger partial charge in [0.1, 0.15) is 0 Å². The Bertz CT molecular complexity index is 624. The molecule has 120 valence electrons. The smallest absolute Gasteiger partial charge is 0.256 e. The molecule has 1 fully saturated rings. The molecule has 1 aliphatic heterocycles. The summed E-state index contributed by atoms with van der Waals surface area (Å²) in [7, 11) is 1.90. The maximum atomic E-state index is 12.7. The van der Waals surface area contributed by atoms with Gasteiger partial charge in [-0.05, 0) is 38.1 Å². The summed E-state index contributed by atoms with van der Waals surface area (Å²) >= 11 is 0. The van der Waals surface area contributed by atoms with Gasteiger partial charge in [0, 0.05) is 24.7 Å². The number of carbonyl (C=O) groups is 1. The molecule has 2 heterocycles. The van der Waals surface area contributed by atoms with Crippen LogP contribution in [-0.2, 0) is 0 Å². The molecule has 1 aromatic carbocycles. The molecule has 0 atom stereocenters. The fourth-order valence-corrected chi connectivity index (χ4v) is 2.83. The second-order valence-corrected chi connectivity index (χ2v) is 5.28. The molecule has 0 bridgehead atoms. The number of hydrogen-bond acceptors (Lipinski definition) is 3. The van der Waals surface area contributed by atoms with Gasteiger partial charge in [0.25, 0.3) is 5.91 Å². The predicted octanol–water partition coefficient (Wildman–Crippen LogP) is 2.90. The molecule has 1 amide bonds. The van der Waals surface area contributed by atoms with E-state index in [0.717, 1.165) is 36.8 Å². The van der Waals surface area contributed by atoms with E-state index in [1.54, 1.807) is 6.20 Å². The van der Waals surface area contributed by atoms with Crippen molar-refractivity contribution in [2.75, 3.05) is 20.1 Å². The number of benzene rings is 1. The van der Waals surface area contributed by atoms with Crippen LogP contribution in [0.25, 0.3) is 10.9 Å². The highest BCUT2D eigenvalue weighted by Crippen LogP contribution is 2.20. The standard InChI is InChI=1S/C16H19N3O.2ClH/c1-19(13-7-10-17-11-8-13)16(20)14-6-2-4-12-5-3-9-18-15(12)14;;/h2-6,9,13,17H,7-8,10-11H2,1H3;2*1H. The van der Waals surface area contributed by atoms with Crippen molar-refractivity contribution in [2.24, 2.45) is 0 Å². The summed E-state index contributed by atoms with van der Waals surface area (Å²) in [5.74, 6) is 0.0706. The van der Waals surface area contributed by atoms with E-state index >= 15 is 0 Å². The van der Waals surface area contributed by atoms with Crippen molar-refractivity contribution in [2.45, 2.75) is 18.9 Å². The third-order valence-corrected chi connectivity index (χ3v) is 4.04. The zero-order valence-corrected chi connectivity index (χ0v) is 14.1. The lowest BCUT2D eigenvalue weighted by Gasteiger charge is -2.31. The fraction of sp³-hybridized carbons (Fsp3) is 0.375. The maximum absolute atomic E-state index is 12.7. The Kier molecular flexibility index (Phi) is 7.07. The first kappa shape index (κ1) is 18.7. The number of para-hydroxylation sites is 1. The Morgan fingerprint density at radius 2 is 1.86 bits per heavy atom. The molecular formula is C16H21Cl2N3O. The quantitative estimate of drug-likeness (QED) is 0.913. The van der Waals surface area contributed by atoms with Crippen molar-refractivity contribution in [3.63, 3.8) is 0 Å². The Morgan fingerprint density at radius 1 is 1.18 bits per heavy atom. The van der Waals surface area contributed by atoms with E-state index in [1.807, 2.05) is 42.3 Å². The number of carbonyl (C=O) groups excluding carboxylic acids is 1. The molecule has 0 unspecified atom stereocenters. The lowest BCUT2D eigenvalue weighted by atomic mass is 10.0. The summed E-state index contributed by atoms with van der Waals surface area (Å²) in [6, 6.07) is 9.99. The molecule has 3 rings (SSSR count). The first-order valence-corrected chi connectivity index (χ1v) is 7.09. The monoisotopic (exact) mass is 341 g/mol. The normalized spacial score (nSPS) is 14.8. The lowest BCUT2D eigenvalue weighted by Crippen LogP contribution is -2.44. The third-order valence-electron chi connectivity index (χ3n) is 4.04. The van der Waals surface area contributed by atoms with Crippen LogP contribution < -0.4 is 5.32 Å². The molecule has 0 aliphatic carbocycles. The molecule has 0 spiro atoms. The van der Waals surface area contributed by atoms with Crippen LogP contribution in [-0.4, -0.2) is 42.0 Å². The topological polar surface area (TPSA) is 45.2 Å². The fourth-order valence-electron chi connectivity index (χ4n) is 2.83. The second kappa shape index (κ2) is 8.32. The van der Waals surface area contributed by atoms with Gasteiger partial charge in [-0.1, -0.05) is 18.2 Å². The molecule has 1 N–H and O–H groups in total. The molecular weight excluding hydrogens is 321 g/mol. The minimum absolute atomic E-state index is 0. The van der Waals surface area contributed by atoms with Crippen LogP contribution in [0, 0.1) is 0 Å². The number of amides is 1. The second-order valence-electron chi connectivity index (χ2n) is 5.28. The molecule has 22 heavy (non-hydrogen) atoms. The van der Waals surface area contributed by atoms with Crippen molar-refractivity contribution >= 4 is 41.6 Å².